The van der Waals surface area contributed by atoms with Crippen molar-refractivity contribution < 1.29 is 33.4 Å². The number of thioether (sulfide) groups is 1. The van der Waals surface area contributed by atoms with Crippen LogP contribution in [0.5, 0.6) is 5.75 Å². The van der Waals surface area contributed by atoms with Crippen molar-refractivity contribution in [3.05, 3.63) is 142 Å². The zero-order valence-electron chi connectivity index (χ0n) is 29.8. The lowest BCUT2D eigenvalue weighted by Crippen LogP contribution is -2.30. The topological polar surface area (TPSA) is 152 Å². The van der Waals surface area contributed by atoms with Gasteiger partial charge in [0.15, 0.2) is 0 Å². The summed E-state index contributed by atoms with van der Waals surface area (Å²) in [5.74, 6) is -2.01. The van der Waals surface area contributed by atoms with Gasteiger partial charge in [-0.25, -0.2) is 4.79 Å². The van der Waals surface area contributed by atoms with Crippen LogP contribution < -0.4 is 26.0 Å². The highest BCUT2D eigenvalue weighted by atomic mass is 32.2. The SMILES string of the molecule is CCOC(=O)c1c(NC(=O)CSc2cccc(NC(=O)/C(=C\c3ccccc3OCC)NC(=O)c3ccccc3)c2)sc(C(=O)Nc2ccccc2)c1C. The summed E-state index contributed by atoms with van der Waals surface area (Å²) in [6, 6.07) is 31.5. The number of carbonyl (C=O) groups excluding carboxylic acids is 5. The lowest BCUT2D eigenvalue weighted by Gasteiger charge is -2.13. The third-order valence-electron chi connectivity index (χ3n) is 7.63. The molecule has 0 radical (unpaired) electrons. The van der Waals surface area contributed by atoms with Crippen molar-refractivity contribution >= 4 is 75.1 Å². The van der Waals surface area contributed by atoms with Crippen LogP contribution in [0.3, 0.4) is 0 Å². The molecule has 54 heavy (non-hydrogen) atoms. The zero-order valence-corrected chi connectivity index (χ0v) is 31.4. The fourth-order valence-corrected chi connectivity index (χ4v) is 7.00. The largest absolute Gasteiger partial charge is 0.493 e. The molecule has 0 saturated heterocycles. The summed E-state index contributed by atoms with van der Waals surface area (Å²) < 4.78 is 11.0. The first-order valence-corrected chi connectivity index (χ1v) is 18.8. The maximum absolute atomic E-state index is 13.7. The van der Waals surface area contributed by atoms with Crippen molar-refractivity contribution in [1.29, 1.82) is 0 Å². The molecule has 0 fully saturated rings. The summed E-state index contributed by atoms with van der Waals surface area (Å²) in [6.45, 7) is 5.70. The second kappa shape index (κ2) is 19.1. The molecule has 5 aromatic rings. The fraction of sp³-hybridized carbons (Fsp3) is 0.146. The molecular formula is C41H38N4O7S2. The number of para-hydroxylation sites is 2. The van der Waals surface area contributed by atoms with Crippen molar-refractivity contribution in [2.75, 3.05) is 34.9 Å². The number of benzene rings is 4. The highest BCUT2D eigenvalue weighted by molar-refractivity contribution is 8.00. The predicted octanol–water partition coefficient (Wildman–Crippen LogP) is 8.02. The van der Waals surface area contributed by atoms with E-state index in [-0.39, 0.29) is 33.5 Å². The van der Waals surface area contributed by atoms with Gasteiger partial charge in [-0.1, -0.05) is 60.7 Å². The number of thiophene rings is 1. The van der Waals surface area contributed by atoms with Crippen LogP contribution in [-0.2, 0) is 14.3 Å². The molecule has 0 aliphatic rings. The summed E-state index contributed by atoms with van der Waals surface area (Å²) in [4.78, 5) is 67.0. The van der Waals surface area contributed by atoms with Gasteiger partial charge in [0.25, 0.3) is 17.7 Å². The molecular weight excluding hydrogens is 725 g/mol. The Morgan fingerprint density at radius 1 is 0.741 bits per heavy atom. The van der Waals surface area contributed by atoms with Gasteiger partial charge in [0.2, 0.25) is 5.91 Å². The number of hydrogen-bond acceptors (Lipinski definition) is 9. The standard InChI is InChI=1S/C41H38N4O7S2/c1-4-51-33-22-13-12-17-28(33)23-32(44-37(47)27-15-8-6-9-16-27)38(48)43-30-20-14-21-31(24-30)53-25-34(46)45-40-35(41(50)52-5-2)26(3)36(54-40)39(49)42-29-18-10-7-11-19-29/h6-24H,4-5,25H2,1-3H3,(H,42,49)(H,43,48)(H,44,47)(H,45,46)/b32-23+. The van der Waals surface area contributed by atoms with E-state index in [9.17, 15) is 24.0 Å². The molecule has 5 rings (SSSR count). The van der Waals surface area contributed by atoms with Gasteiger partial charge in [-0.05, 0) is 80.9 Å². The van der Waals surface area contributed by atoms with Gasteiger partial charge < -0.3 is 30.7 Å². The molecule has 0 unspecified atom stereocenters. The Hall–Kier alpha value is -6.18. The van der Waals surface area contributed by atoms with Gasteiger partial charge >= 0.3 is 5.97 Å². The molecule has 1 aromatic heterocycles. The van der Waals surface area contributed by atoms with E-state index >= 15 is 0 Å². The number of ether oxygens (including phenoxy) is 2. The van der Waals surface area contributed by atoms with Crippen LogP contribution in [0.15, 0.2) is 120 Å². The van der Waals surface area contributed by atoms with E-state index in [2.05, 4.69) is 21.3 Å². The molecule has 0 atom stereocenters. The maximum Gasteiger partial charge on any atom is 0.341 e. The van der Waals surface area contributed by atoms with E-state index in [1.807, 2.05) is 19.1 Å². The first-order chi connectivity index (χ1) is 26.2. The van der Waals surface area contributed by atoms with E-state index in [1.165, 1.54) is 11.8 Å². The van der Waals surface area contributed by atoms with Gasteiger partial charge in [-0.2, -0.15) is 0 Å². The predicted molar refractivity (Wildman–Crippen MR) is 213 cm³/mol. The van der Waals surface area contributed by atoms with Gasteiger partial charge in [0.1, 0.15) is 16.4 Å². The molecule has 0 saturated carbocycles. The molecule has 0 bridgehead atoms. The van der Waals surface area contributed by atoms with Gasteiger partial charge in [-0.15, -0.1) is 23.1 Å². The van der Waals surface area contributed by atoms with E-state index < -0.39 is 29.6 Å². The Morgan fingerprint density at radius 2 is 1.43 bits per heavy atom. The Labute approximate surface area is 321 Å². The van der Waals surface area contributed by atoms with Crippen LogP contribution >= 0.6 is 23.1 Å². The number of anilines is 3. The average molecular weight is 763 g/mol. The lowest BCUT2D eigenvalue weighted by molar-refractivity contribution is -0.114. The van der Waals surface area contributed by atoms with Crippen molar-refractivity contribution in [2.24, 2.45) is 0 Å². The van der Waals surface area contributed by atoms with E-state index in [4.69, 9.17) is 9.47 Å². The first kappa shape index (κ1) is 39.0. The van der Waals surface area contributed by atoms with Crippen LogP contribution in [0, 0.1) is 6.92 Å². The Morgan fingerprint density at radius 3 is 2.15 bits per heavy atom. The number of esters is 1. The van der Waals surface area contributed by atoms with Crippen LogP contribution in [0.25, 0.3) is 6.08 Å². The van der Waals surface area contributed by atoms with Gasteiger partial charge in [-0.3, -0.25) is 19.2 Å². The van der Waals surface area contributed by atoms with Crippen molar-refractivity contribution in [2.45, 2.75) is 25.7 Å². The smallest absolute Gasteiger partial charge is 0.341 e. The first-order valence-electron chi connectivity index (χ1n) is 17.0. The van der Waals surface area contributed by atoms with Crippen LogP contribution in [0.4, 0.5) is 16.4 Å². The van der Waals surface area contributed by atoms with Gasteiger partial charge in [0, 0.05) is 27.4 Å². The monoisotopic (exact) mass is 762 g/mol. The number of rotatable bonds is 15. The molecule has 11 nitrogen and oxygen atoms in total. The average Bonchev–Trinajstić information content (AvgIpc) is 3.50. The zero-order chi connectivity index (χ0) is 38.5. The Kier molecular flexibility index (Phi) is 13.8. The molecule has 4 N–H and O–H groups in total. The molecule has 0 spiro atoms. The number of hydrogen-bond donors (Lipinski definition) is 4. The molecule has 4 amide bonds. The van der Waals surface area contributed by atoms with E-state index in [1.54, 1.807) is 117 Å². The summed E-state index contributed by atoms with van der Waals surface area (Å²) in [5, 5.41) is 11.4. The van der Waals surface area contributed by atoms with E-state index in [0.717, 1.165) is 11.3 Å². The molecule has 4 aromatic carbocycles. The summed E-state index contributed by atoms with van der Waals surface area (Å²) >= 11 is 2.20. The highest BCUT2D eigenvalue weighted by Gasteiger charge is 2.27. The molecule has 0 aliphatic heterocycles. The van der Waals surface area contributed by atoms with Crippen LogP contribution in [-0.4, -0.2) is 48.6 Å². The number of nitrogens with one attached hydrogen (secondary N) is 4. The highest BCUT2D eigenvalue weighted by Crippen LogP contribution is 2.35. The lowest BCUT2D eigenvalue weighted by atomic mass is 10.1. The van der Waals surface area contributed by atoms with Gasteiger partial charge in [0.05, 0.1) is 29.4 Å². The fourth-order valence-electron chi connectivity index (χ4n) is 5.13. The maximum atomic E-state index is 13.7. The van der Waals surface area contributed by atoms with Crippen molar-refractivity contribution in [1.82, 2.24) is 5.32 Å². The second-order valence-electron chi connectivity index (χ2n) is 11.5. The normalized spacial score (nSPS) is 10.9. The quantitative estimate of drug-likeness (QED) is 0.0476. The number of carbonyl (C=O) groups is 5. The minimum absolute atomic E-state index is 0.00564. The minimum atomic E-state index is -0.647. The molecule has 13 heteroatoms. The summed E-state index contributed by atoms with van der Waals surface area (Å²) in [5.41, 5.74) is 2.51. The summed E-state index contributed by atoms with van der Waals surface area (Å²) in [6.07, 6.45) is 1.55. The molecule has 1 heterocycles. The Bertz CT molecular complexity index is 2170. The molecule has 276 valence electrons. The van der Waals surface area contributed by atoms with Crippen LogP contribution in [0.1, 0.15) is 55.4 Å². The third-order valence-corrected chi connectivity index (χ3v) is 9.83. The number of amides is 4. The van der Waals surface area contributed by atoms with Crippen molar-refractivity contribution in [3.63, 3.8) is 0 Å². The van der Waals surface area contributed by atoms with Crippen molar-refractivity contribution in [3.8, 4) is 5.75 Å². The summed E-state index contributed by atoms with van der Waals surface area (Å²) in [7, 11) is 0. The third kappa shape index (κ3) is 10.5. The second-order valence-corrected chi connectivity index (χ2v) is 13.5. The van der Waals surface area contributed by atoms with E-state index in [0.29, 0.717) is 45.3 Å². The van der Waals surface area contributed by atoms with Crippen LogP contribution in [0.2, 0.25) is 0 Å². The minimum Gasteiger partial charge on any atom is -0.493 e. The Balaban J connectivity index is 1.29. The molecule has 0 aliphatic carbocycles.